The molecule has 0 bridgehead atoms. The molecule has 0 radical (unpaired) electrons. The van der Waals surface area contributed by atoms with E-state index in [0.29, 0.717) is 6.04 Å². The third kappa shape index (κ3) is 5.83. The molecule has 1 atom stereocenters. The van der Waals surface area contributed by atoms with Crippen LogP contribution in [-0.4, -0.2) is 62.7 Å². The summed E-state index contributed by atoms with van der Waals surface area (Å²) < 4.78 is 0. The Balaban J connectivity index is 1.95. The summed E-state index contributed by atoms with van der Waals surface area (Å²) in [6.07, 6.45) is 5.40. The van der Waals surface area contributed by atoms with Crippen molar-refractivity contribution in [1.29, 1.82) is 0 Å². The number of nitrogens with one attached hydrogen (secondary N) is 1. The monoisotopic (exact) mass is 227 g/mol. The van der Waals surface area contributed by atoms with Gasteiger partial charge in [-0.05, 0) is 66.3 Å². The van der Waals surface area contributed by atoms with E-state index < -0.39 is 0 Å². The molecule has 0 aliphatic carbocycles. The van der Waals surface area contributed by atoms with Crippen molar-refractivity contribution in [2.24, 2.45) is 0 Å². The van der Waals surface area contributed by atoms with E-state index in [1.54, 1.807) is 0 Å². The number of hydrogen-bond donors (Lipinski definition) is 1. The van der Waals surface area contributed by atoms with Crippen LogP contribution in [0.4, 0.5) is 0 Å². The summed E-state index contributed by atoms with van der Waals surface area (Å²) in [6, 6.07) is 0.659. The van der Waals surface area contributed by atoms with Gasteiger partial charge in [0.1, 0.15) is 0 Å². The van der Waals surface area contributed by atoms with Crippen molar-refractivity contribution < 1.29 is 0 Å². The SMILES string of the molecule is CNC(C)CCCN(C)CCN1CCCC1. The van der Waals surface area contributed by atoms with Gasteiger partial charge in [0.2, 0.25) is 0 Å². The number of likely N-dealkylation sites (tertiary alicyclic amines) is 1. The second kappa shape index (κ2) is 8.04. The Bertz CT molecular complexity index is 167. The highest BCUT2D eigenvalue weighted by atomic mass is 15.2. The molecule has 0 aromatic heterocycles. The van der Waals surface area contributed by atoms with E-state index in [-0.39, 0.29) is 0 Å². The number of hydrogen-bond acceptors (Lipinski definition) is 3. The highest BCUT2D eigenvalue weighted by Crippen LogP contribution is 2.06. The van der Waals surface area contributed by atoms with Crippen molar-refractivity contribution >= 4 is 0 Å². The Morgan fingerprint density at radius 3 is 2.56 bits per heavy atom. The summed E-state index contributed by atoms with van der Waals surface area (Å²) in [5.41, 5.74) is 0. The van der Waals surface area contributed by atoms with Gasteiger partial charge in [-0.2, -0.15) is 0 Å². The lowest BCUT2D eigenvalue weighted by Crippen LogP contribution is -2.32. The van der Waals surface area contributed by atoms with Crippen molar-refractivity contribution in [2.45, 2.75) is 38.6 Å². The van der Waals surface area contributed by atoms with Gasteiger partial charge in [0.25, 0.3) is 0 Å². The second-order valence-corrected chi connectivity index (χ2v) is 5.18. The topological polar surface area (TPSA) is 18.5 Å². The quantitative estimate of drug-likeness (QED) is 0.676. The molecule has 1 saturated heterocycles. The lowest BCUT2D eigenvalue weighted by atomic mass is 10.2. The van der Waals surface area contributed by atoms with Gasteiger partial charge in [0, 0.05) is 19.1 Å². The molecule has 0 spiro atoms. The van der Waals surface area contributed by atoms with Crippen molar-refractivity contribution in [3.05, 3.63) is 0 Å². The molecule has 1 aliphatic heterocycles. The van der Waals surface area contributed by atoms with Crippen LogP contribution in [-0.2, 0) is 0 Å². The largest absolute Gasteiger partial charge is 0.317 e. The molecule has 1 aliphatic rings. The van der Waals surface area contributed by atoms with E-state index in [9.17, 15) is 0 Å². The van der Waals surface area contributed by atoms with Crippen LogP contribution in [0.15, 0.2) is 0 Å². The molecule has 0 aromatic rings. The fourth-order valence-corrected chi connectivity index (χ4v) is 2.24. The molecule has 1 fully saturated rings. The highest BCUT2D eigenvalue weighted by molar-refractivity contribution is 4.67. The molecule has 1 N–H and O–H groups in total. The van der Waals surface area contributed by atoms with Gasteiger partial charge >= 0.3 is 0 Å². The van der Waals surface area contributed by atoms with Crippen LogP contribution in [0.3, 0.4) is 0 Å². The Morgan fingerprint density at radius 2 is 1.94 bits per heavy atom. The van der Waals surface area contributed by atoms with Gasteiger partial charge in [-0.1, -0.05) is 0 Å². The molecule has 1 rings (SSSR count). The molecule has 1 unspecified atom stereocenters. The van der Waals surface area contributed by atoms with Crippen LogP contribution in [0, 0.1) is 0 Å². The molecule has 0 amide bonds. The van der Waals surface area contributed by atoms with E-state index >= 15 is 0 Å². The van der Waals surface area contributed by atoms with E-state index in [1.807, 2.05) is 7.05 Å². The fraction of sp³-hybridized carbons (Fsp3) is 1.00. The normalized spacial score (nSPS) is 19.5. The van der Waals surface area contributed by atoms with Crippen molar-refractivity contribution in [3.63, 3.8) is 0 Å². The summed E-state index contributed by atoms with van der Waals surface area (Å²) in [6.45, 7) is 8.63. The van der Waals surface area contributed by atoms with E-state index in [0.717, 1.165) is 0 Å². The van der Waals surface area contributed by atoms with Crippen LogP contribution in [0.2, 0.25) is 0 Å². The van der Waals surface area contributed by atoms with Gasteiger partial charge in [-0.15, -0.1) is 0 Å². The summed E-state index contributed by atoms with van der Waals surface area (Å²) in [4.78, 5) is 5.06. The molecular formula is C13H29N3. The van der Waals surface area contributed by atoms with E-state index in [4.69, 9.17) is 0 Å². The van der Waals surface area contributed by atoms with Crippen LogP contribution in [0.5, 0.6) is 0 Å². The van der Waals surface area contributed by atoms with Gasteiger partial charge in [0.05, 0.1) is 0 Å². The standard InChI is InChI=1S/C13H29N3/c1-13(14-2)7-6-8-15(3)11-12-16-9-4-5-10-16/h13-14H,4-12H2,1-3H3. The van der Waals surface area contributed by atoms with Crippen molar-refractivity contribution in [2.75, 3.05) is 46.8 Å². The van der Waals surface area contributed by atoms with E-state index in [1.165, 1.54) is 58.4 Å². The van der Waals surface area contributed by atoms with Gasteiger partial charge in [-0.3, -0.25) is 0 Å². The Morgan fingerprint density at radius 1 is 1.25 bits per heavy atom. The minimum absolute atomic E-state index is 0.659. The molecular weight excluding hydrogens is 198 g/mol. The molecule has 0 saturated carbocycles. The first-order valence-electron chi connectivity index (χ1n) is 6.80. The number of rotatable bonds is 8. The third-order valence-electron chi connectivity index (χ3n) is 3.67. The lowest BCUT2D eigenvalue weighted by molar-refractivity contribution is 0.252. The van der Waals surface area contributed by atoms with Crippen LogP contribution >= 0.6 is 0 Å². The Hall–Kier alpha value is -0.120. The maximum absolute atomic E-state index is 3.29. The number of nitrogens with zero attached hydrogens (tertiary/aromatic N) is 2. The first-order chi connectivity index (χ1) is 7.72. The molecule has 96 valence electrons. The maximum Gasteiger partial charge on any atom is 0.0109 e. The van der Waals surface area contributed by atoms with Crippen molar-refractivity contribution in [3.8, 4) is 0 Å². The van der Waals surface area contributed by atoms with Crippen LogP contribution < -0.4 is 5.32 Å². The predicted molar refractivity (Wildman–Crippen MR) is 70.9 cm³/mol. The zero-order chi connectivity index (χ0) is 11.8. The van der Waals surface area contributed by atoms with Gasteiger partial charge in [0.15, 0.2) is 0 Å². The summed E-state index contributed by atoms with van der Waals surface area (Å²) in [5.74, 6) is 0. The zero-order valence-corrected chi connectivity index (χ0v) is 11.3. The minimum atomic E-state index is 0.659. The smallest absolute Gasteiger partial charge is 0.0109 e. The first kappa shape index (κ1) is 13.9. The summed E-state index contributed by atoms with van der Waals surface area (Å²) in [5, 5.41) is 3.29. The van der Waals surface area contributed by atoms with Crippen molar-refractivity contribution in [1.82, 2.24) is 15.1 Å². The molecule has 3 heteroatoms. The predicted octanol–water partition coefficient (Wildman–Crippen LogP) is 1.40. The highest BCUT2D eigenvalue weighted by Gasteiger charge is 2.11. The Kier molecular flexibility index (Phi) is 7.01. The minimum Gasteiger partial charge on any atom is -0.317 e. The maximum atomic E-state index is 3.29. The lowest BCUT2D eigenvalue weighted by Gasteiger charge is -2.21. The van der Waals surface area contributed by atoms with Gasteiger partial charge in [-0.25, -0.2) is 0 Å². The third-order valence-corrected chi connectivity index (χ3v) is 3.67. The average Bonchev–Trinajstić information content (AvgIpc) is 2.79. The molecule has 1 heterocycles. The first-order valence-corrected chi connectivity index (χ1v) is 6.80. The van der Waals surface area contributed by atoms with Gasteiger partial charge < -0.3 is 15.1 Å². The Labute approximate surface area is 101 Å². The molecule has 16 heavy (non-hydrogen) atoms. The second-order valence-electron chi connectivity index (χ2n) is 5.18. The molecule has 3 nitrogen and oxygen atoms in total. The number of likely N-dealkylation sites (N-methyl/N-ethyl adjacent to an activating group) is 1. The zero-order valence-electron chi connectivity index (χ0n) is 11.3. The van der Waals surface area contributed by atoms with Crippen LogP contribution in [0.1, 0.15) is 32.6 Å². The summed E-state index contributed by atoms with van der Waals surface area (Å²) >= 11 is 0. The molecule has 0 aromatic carbocycles. The average molecular weight is 227 g/mol. The van der Waals surface area contributed by atoms with E-state index in [2.05, 4.69) is 29.1 Å². The van der Waals surface area contributed by atoms with Crippen LogP contribution in [0.25, 0.3) is 0 Å². The summed E-state index contributed by atoms with van der Waals surface area (Å²) in [7, 11) is 4.29. The fourth-order valence-electron chi connectivity index (χ4n) is 2.24.